The molecular formula is C19H21BrN4OS. The van der Waals surface area contributed by atoms with E-state index >= 15 is 0 Å². The number of halogens is 1. The highest BCUT2D eigenvalue weighted by molar-refractivity contribution is 9.10. The number of hydrogen-bond donors (Lipinski definition) is 1. The van der Waals surface area contributed by atoms with Crippen LogP contribution in [0.25, 0.3) is 5.70 Å². The van der Waals surface area contributed by atoms with Gasteiger partial charge in [0.2, 0.25) is 0 Å². The van der Waals surface area contributed by atoms with Crippen molar-refractivity contribution in [3.05, 3.63) is 44.9 Å². The molecule has 0 saturated heterocycles. The highest BCUT2D eigenvalue weighted by Crippen LogP contribution is 2.36. The summed E-state index contributed by atoms with van der Waals surface area (Å²) in [4.78, 5) is 17.9. The standard InChI is InChI=1S/C19H21BrN4OS/c1-10-4-6-13(11(2)8-10)17-21-15-7-5-12(20)9-14(15)16-18(25)22-19(26-3)23-24(16)17/h4-5,7,9,11,13,17H,6,8H2,1-3H3,(H,22,23,25)/t11-,13-,17-/m0/s1. The molecule has 2 aliphatic heterocycles. The molecular weight excluding hydrogens is 412 g/mol. The fourth-order valence-corrected chi connectivity index (χ4v) is 4.70. The van der Waals surface area contributed by atoms with Crippen molar-refractivity contribution in [2.24, 2.45) is 21.9 Å². The van der Waals surface area contributed by atoms with Gasteiger partial charge in [-0.15, -0.1) is 5.10 Å². The number of rotatable bonds is 1. The van der Waals surface area contributed by atoms with Crippen LogP contribution in [0.5, 0.6) is 0 Å². The van der Waals surface area contributed by atoms with Crippen LogP contribution in [-0.4, -0.2) is 28.5 Å². The number of benzene rings is 1. The molecule has 7 heteroatoms. The van der Waals surface area contributed by atoms with E-state index in [-0.39, 0.29) is 12.1 Å². The lowest BCUT2D eigenvalue weighted by atomic mass is 9.79. The zero-order chi connectivity index (χ0) is 18.4. The van der Waals surface area contributed by atoms with Crippen molar-refractivity contribution in [3.8, 4) is 0 Å². The summed E-state index contributed by atoms with van der Waals surface area (Å²) in [5.41, 5.74) is 2.03. The Hall–Kier alpha value is -1.60. The Morgan fingerprint density at radius 2 is 2.19 bits per heavy atom. The summed E-state index contributed by atoms with van der Waals surface area (Å²) >= 11 is 4.95. The van der Waals surface area contributed by atoms with Gasteiger partial charge in [-0.25, -0.2) is 5.01 Å². The maximum atomic E-state index is 12.9. The van der Waals surface area contributed by atoms with E-state index in [0.717, 1.165) is 27.9 Å². The van der Waals surface area contributed by atoms with E-state index in [1.54, 1.807) is 0 Å². The summed E-state index contributed by atoms with van der Waals surface area (Å²) in [6.45, 7) is 4.46. The van der Waals surface area contributed by atoms with Crippen molar-refractivity contribution >= 4 is 44.5 Å². The third-order valence-corrected chi connectivity index (χ3v) is 6.35. The zero-order valence-electron chi connectivity index (χ0n) is 15.0. The fourth-order valence-electron chi connectivity index (χ4n) is 3.97. The van der Waals surface area contributed by atoms with Gasteiger partial charge in [0.1, 0.15) is 11.9 Å². The molecule has 5 nitrogen and oxygen atoms in total. The first-order valence-corrected chi connectivity index (χ1v) is 10.8. The van der Waals surface area contributed by atoms with E-state index in [0.29, 0.717) is 22.7 Å². The molecule has 0 aromatic heterocycles. The molecule has 0 bridgehead atoms. The molecule has 136 valence electrons. The van der Waals surface area contributed by atoms with Crippen LogP contribution in [0.3, 0.4) is 0 Å². The molecule has 4 rings (SSSR count). The van der Waals surface area contributed by atoms with Gasteiger partial charge in [0.25, 0.3) is 5.91 Å². The number of nitrogens with one attached hydrogen (secondary N) is 1. The number of carbonyl (C=O) groups excluding carboxylic acids is 1. The Morgan fingerprint density at radius 3 is 2.92 bits per heavy atom. The molecule has 0 radical (unpaired) electrons. The maximum absolute atomic E-state index is 12.9. The molecule has 3 aliphatic rings. The van der Waals surface area contributed by atoms with Crippen molar-refractivity contribution in [1.29, 1.82) is 0 Å². The smallest absolute Gasteiger partial charge is 0.276 e. The van der Waals surface area contributed by atoms with Crippen LogP contribution in [0.2, 0.25) is 0 Å². The molecule has 1 aromatic rings. The van der Waals surface area contributed by atoms with Crippen LogP contribution in [0.1, 0.15) is 26.7 Å². The third kappa shape index (κ3) is 3.01. The lowest BCUT2D eigenvalue weighted by molar-refractivity contribution is -0.116. The van der Waals surface area contributed by atoms with E-state index in [9.17, 15) is 4.79 Å². The molecule has 1 N–H and O–H groups in total. The van der Waals surface area contributed by atoms with E-state index in [1.807, 2.05) is 29.5 Å². The molecule has 1 aromatic carbocycles. The molecule has 0 spiro atoms. The number of carbonyl (C=O) groups is 1. The average molecular weight is 433 g/mol. The SMILES string of the molecule is CSC1=NN2C(=c3cc(Br)ccc3=N[C@@H]2[C@H]2CC=C(C)C[C@@H]2C)C(=O)N1. The second kappa shape index (κ2) is 6.85. The predicted molar refractivity (Wildman–Crippen MR) is 109 cm³/mol. The highest BCUT2D eigenvalue weighted by atomic mass is 79.9. The first-order chi connectivity index (χ1) is 12.5. The number of allylic oxidation sites excluding steroid dienone is 2. The molecule has 0 unspecified atom stereocenters. The monoisotopic (exact) mass is 432 g/mol. The normalized spacial score (nSPS) is 27.7. The van der Waals surface area contributed by atoms with Gasteiger partial charge in [-0.3, -0.25) is 15.1 Å². The van der Waals surface area contributed by atoms with Crippen LogP contribution in [0.4, 0.5) is 0 Å². The Labute approximate surface area is 165 Å². The van der Waals surface area contributed by atoms with E-state index in [4.69, 9.17) is 10.1 Å². The maximum Gasteiger partial charge on any atom is 0.276 e. The minimum absolute atomic E-state index is 0.112. The van der Waals surface area contributed by atoms with Gasteiger partial charge in [0.15, 0.2) is 5.17 Å². The molecule has 3 atom stereocenters. The quantitative estimate of drug-likeness (QED) is 0.693. The van der Waals surface area contributed by atoms with Crippen molar-refractivity contribution in [2.45, 2.75) is 32.9 Å². The Bertz CT molecular complexity index is 955. The van der Waals surface area contributed by atoms with E-state index < -0.39 is 0 Å². The lowest BCUT2D eigenvalue weighted by Gasteiger charge is -2.40. The number of fused-ring (bicyclic) bond motifs is 2. The first kappa shape index (κ1) is 17.8. The van der Waals surface area contributed by atoms with E-state index in [2.05, 4.69) is 41.2 Å². The molecule has 0 saturated carbocycles. The van der Waals surface area contributed by atoms with Gasteiger partial charge < -0.3 is 0 Å². The van der Waals surface area contributed by atoms with Crippen LogP contribution in [0, 0.1) is 11.8 Å². The van der Waals surface area contributed by atoms with Crippen LogP contribution >= 0.6 is 27.7 Å². The summed E-state index contributed by atoms with van der Waals surface area (Å²) in [5.74, 6) is 0.701. The number of thioether (sulfide) groups is 1. The summed E-state index contributed by atoms with van der Waals surface area (Å²) in [7, 11) is 0. The van der Waals surface area contributed by atoms with Crippen LogP contribution in [-0.2, 0) is 4.79 Å². The van der Waals surface area contributed by atoms with Gasteiger partial charge in [-0.1, -0.05) is 46.3 Å². The Balaban J connectivity index is 1.91. The van der Waals surface area contributed by atoms with Crippen molar-refractivity contribution in [2.75, 3.05) is 6.26 Å². The summed E-state index contributed by atoms with van der Waals surface area (Å²) in [5, 5.41) is 11.8. The molecule has 0 fully saturated rings. The van der Waals surface area contributed by atoms with Gasteiger partial charge in [0, 0.05) is 15.6 Å². The number of nitrogens with zero attached hydrogens (tertiary/aromatic N) is 3. The number of hydrogen-bond acceptors (Lipinski definition) is 5. The van der Waals surface area contributed by atoms with Crippen molar-refractivity contribution < 1.29 is 4.79 Å². The Morgan fingerprint density at radius 1 is 1.38 bits per heavy atom. The molecule has 1 aliphatic carbocycles. The van der Waals surface area contributed by atoms with Gasteiger partial charge in [-0.05, 0) is 50.1 Å². The summed E-state index contributed by atoms with van der Waals surface area (Å²) in [6, 6.07) is 5.90. The predicted octanol–water partition coefficient (Wildman–Crippen LogP) is 2.57. The average Bonchev–Trinajstić information content (AvgIpc) is 2.61. The third-order valence-electron chi connectivity index (χ3n) is 5.29. The number of amides is 1. The Kier molecular flexibility index (Phi) is 4.69. The zero-order valence-corrected chi connectivity index (χ0v) is 17.4. The number of hydrazone groups is 1. The van der Waals surface area contributed by atoms with Crippen LogP contribution in [0.15, 0.2) is 44.4 Å². The molecule has 1 amide bonds. The first-order valence-electron chi connectivity index (χ1n) is 8.74. The molecule has 26 heavy (non-hydrogen) atoms. The second-order valence-electron chi connectivity index (χ2n) is 7.09. The van der Waals surface area contributed by atoms with E-state index in [1.165, 1.54) is 17.3 Å². The minimum atomic E-state index is -0.161. The summed E-state index contributed by atoms with van der Waals surface area (Å²) < 4.78 is 0.925. The minimum Gasteiger partial charge on any atom is -0.298 e. The van der Waals surface area contributed by atoms with Crippen molar-refractivity contribution in [1.82, 2.24) is 10.3 Å². The fraction of sp³-hybridized carbons (Fsp3) is 0.421. The summed E-state index contributed by atoms with van der Waals surface area (Å²) in [6.07, 6.45) is 6.09. The largest absolute Gasteiger partial charge is 0.298 e. The topological polar surface area (TPSA) is 57.1 Å². The lowest BCUT2D eigenvalue weighted by Crippen LogP contribution is -2.55. The second-order valence-corrected chi connectivity index (χ2v) is 8.80. The highest BCUT2D eigenvalue weighted by Gasteiger charge is 2.39. The van der Waals surface area contributed by atoms with Crippen LogP contribution < -0.4 is 15.9 Å². The number of amidine groups is 1. The van der Waals surface area contributed by atoms with Gasteiger partial charge >= 0.3 is 0 Å². The van der Waals surface area contributed by atoms with Gasteiger partial charge in [-0.2, -0.15) is 0 Å². The van der Waals surface area contributed by atoms with Gasteiger partial charge in [0.05, 0.1) is 5.36 Å². The molecule has 2 heterocycles. The van der Waals surface area contributed by atoms with Crippen molar-refractivity contribution in [3.63, 3.8) is 0 Å².